The highest BCUT2D eigenvalue weighted by Crippen LogP contribution is 2.39. The van der Waals surface area contributed by atoms with Crippen LogP contribution in [0.2, 0.25) is 0 Å². The van der Waals surface area contributed by atoms with Crippen molar-refractivity contribution < 1.29 is 9.53 Å². The summed E-state index contributed by atoms with van der Waals surface area (Å²) in [5.74, 6) is -0.200. The van der Waals surface area contributed by atoms with E-state index in [9.17, 15) is 4.79 Å². The molecule has 2 nitrogen and oxygen atoms in total. The van der Waals surface area contributed by atoms with E-state index in [0.29, 0.717) is 12.8 Å². The van der Waals surface area contributed by atoms with E-state index in [4.69, 9.17) is 27.9 Å². The molecule has 0 amide bonds. The van der Waals surface area contributed by atoms with Gasteiger partial charge in [0.2, 0.25) is 0 Å². The van der Waals surface area contributed by atoms with E-state index in [0.717, 1.165) is 12.8 Å². The van der Waals surface area contributed by atoms with Gasteiger partial charge in [0.15, 0.2) is 4.33 Å². The van der Waals surface area contributed by atoms with Crippen LogP contribution in [-0.2, 0) is 9.53 Å². The highest BCUT2D eigenvalue weighted by Gasteiger charge is 2.44. The fourth-order valence-electron chi connectivity index (χ4n) is 1.48. The number of esters is 1. The predicted octanol–water partition coefficient (Wildman–Crippen LogP) is 3.45. The second-order valence-corrected chi connectivity index (χ2v) is 5.30. The Morgan fingerprint density at radius 2 is 2.07 bits per heavy atom. The second-order valence-electron chi connectivity index (χ2n) is 3.75. The summed E-state index contributed by atoms with van der Waals surface area (Å²) in [6.45, 7) is 2.16. The van der Waals surface area contributed by atoms with E-state index < -0.39 is 4.33 Å². The van der Waals surface area contributed by atoms with Crippen molar-refractivity contribution in [3.05, 3.63) is 0 Å². The molecule has 0 unspecified atom stereocenters. The smallest absolute Gasteiger partial charge is 0.310 e. The van der Waals surface area contributed by atoms with Gasteiger partial charge in [-0.25, -0.2) is 0 Å². The van der Waals surface area contributed by atoms with Crippen molar-refractivity contribution in [3.63, 3.8) is 0 Å². The molecule has 14 heavy (non-hydrogen) atoms. The summed E-state index contributed by atoms with van der Waals surface area (Å²) in [5, 5.41) is 0. The van der Waals surface area contributed by atoms with Crippen LogP contribution < -0.4 is 0 Å². The minimum atomic E-state index is -0.873. The molecule has 0 spiro atoms. The molecule has 1 aliphatic rings. The predicted molar refractivity (Wildman–Crippen MR) is 57.7 cm³/mol. The van der Waals surface area contributed by atoms with E-state index >= 15 is 0 Å². The van der Waals surface area contributed by atoms with E-state index in [2.05, 4.69) is 6.92 Å². The molecule has 1 aliphatic heterocycles. The highest BCUT2D eigenvalue weighted by atomic mass is 35.5. The van der Waals surface area contributed by atoms with Crippen LogP contribution in [0.25, 0.3) is 0 Å². The summed E-state index contributed by atoms with van der Waals surface area (Å²) in [4.78, 5) is 10.6. The lowest BCUT2D eigenvalue weighted by molar-refractivity contribution is -0.170. The molecule has 1 rings (SSSR count). The van der Waals surface area contributed by atoms with Gasteiger partial charge in [-0.2, -0.15) is 0 Å². The van der Waals surface area contributed by atoms with Crippen LogP contribution in [0.4, 0.5) is 0 Å². The molecule has 1 atom stereocenters. The van der Waals surface area contributed by atoms with Crippen molar-refractivity contribution >= 4 is 29.2 Å². The maximum Gasteiger partial charge on any atom is 0.310 e. The van der Waals surface area contributed by atoms with Gasteiger partial charge in [0.05, 0.1) is 6.42 Å². The normalized spacial score (nSPS) is 21.6. The number of rotatable bonds is 6. The standard InChI is InChI=1S/C10H16Cl2O2/c1-2-3-4-5-6-10(11,12)8-7-9(13)14-8/h8H,2-7H2,1H3/t8-/m0/s1. The molecule has 0 N–H and O–H groups in total. The number of carbonyl (C=O) groups excluding carboxylic acids is 1. The Hall–Kier alpha value is 0.0500. The largest absolute Gasteiger partial charge is 0.458 e. The molecular weight excluding hydrogens is 223 g/mol. The minimum Gasteiger partial charge on any atom is -0.458 e. The van der Waals surface area contributed by atoms with Gasteiger partial charge in [0, 0.05) is 0 Å². The van der Waals surface area contributed by atoms with Gasteiger partial charge in [-0.05, 0) is 6.42 Å². The van der Waals surface area contributed by atoms with Crippen molar-refractivity contribution in [1.82, 2.24) is 0 Å². The summed E-state index contributed by atoms with van der Waals surface area (Å²) in [7, 11) is 0. The zero-order valence-electron chi connectivity index (χ0n) is 8.39. The molecule has 1 heterocycles. The van der Waals surface area contributed by atoms with Crippen molar-refractivity contribution in [2.45, 2.75) is 55.9 Å². The number of unbranched alkanes of at least 4 members (excludes halogenated alkanes) is 3. The molecule has 0 saturated carbocycles. The first kappa shape index (κ1) is 12.1. The first-order chi connectivity index (χ1) is 6.56. The second kappa shape index (κ2) is 5.22. The van der Waals surface area contributed by atoms with Gasteiger partial charge >= 0.3 is 5.97 Å². The minimum absolute atomic E-state index is 0.200. The van der Waals surface area contributed by atoms with Crippen molar-refractivity contribution in [3.8, 4) is 0 Å². The molecule has 0 aromatic heterocycles. The lowest BCUT2D eigenvalue weighted by atomic mass is 10.0. The first-order valence-corrected chi connectivity index (χ1v) is 5.89. The monoisotopic (exact) mass is 238 g/mol. The third-order valence-electron chi connectivity index (χ3n) is 2.46. The Balaban J connectivity index is 2.17. The van der Waals surface area contributed by atoms with Gasteiger partial charge < -0.3 is 4.74 Å². The summed E-state index contributed by atoms with van der Waals surface area (Å²) in [5.41, 5.74) is 0. The Morgan fingerprint density at radius 3 is 2.57 bits per heavy atom. The summed E-state index contributed by atoms with van der Waals surface area (Å²) < 4.78 is 3.98. The SMILES string of the molecule is CCCCCCC(Cl)(Cl)[C@@H]1CC(=O)O1. The topological polar surface area (TPSA) is 26.3 Å². The third kappa shape index (κ3) is 3.32. The van der Waals surface area contributed by atoms with Crippen molar-refractivity contribution in [2.24, 2.45) is 0 Å². The average molecular weight is 239 g/mol. The van der Waals surface area contributed by atoms with Crippen LogP contribution in [0, 0.1) is 0 Å². The van der Waals surface area contributed by atoms with E-state index in [-0.39, 0.29) is 12.1 Å². The van der Waals surface area contributed by atoms with Gasteiger partial charge in [-0.1, -0.05) is 55.8 Å². The van der Waals surface area contributed by atoms with Gasteiger partial charge in [-0.3, -0.25) is 4.79 Å². The zero-order valence-corrected chi connectivity index (χ0v) is 9.90. The highest BCUT2D eigenvalue weighted by molar-refractivity contribution is 6.49. The summed E-state index contributed by atoms with van der Waals surface area (Å²) >= 11 is 12.1. The average Bonchev–Trinajstić information content (AvgIpc) is 2.07. The van der Waals surface area contributed by atoms with Crippen LogP contribution in [0.5, 0.6) is 0 Å². The number of hydrogen-bond acceptors (Lipinski definition) is 2. The van der Waals surface area contributed by atoms with Crippen LogP contribution in [-0.4, -0.2) is 16.4 Å². The first-order valence-electron chi connectivity index (χ1n) is 5.13. The molecule has 0 aromatic carbocycles. The van der Waals surface area contributed by atoms with Gasteiger partial charge in [-0.15, -0.1) is 0 Å². The van der Waals surface area contributed by atoms with Crippen LogP contribution in [0.15, 0.2) is 0 Å². The van der Waals surface area contributed by atoms with E-state index in [1.165, 1.54) is 12.8 Å². The Bertz CT molecular complexity index is 196. The molecule has 0 bridgehead atoms. The molecule has 0 aliphatic carbocycles. The molecule has 82 valence electrons. The van der Waals surface area contributed by atoms with Crippen LogP contribution in [0.3, 0.4) is 0 Å². The summed E-state index contributed by atoms with van der Waals surface area (Å²) in [6.07, 6.45) is 5.30. The Labute approximate surface area is 94.9 Å². The third-order valence-corrected chi connectivity index (χ3v) is 3.33. The fraction of sp³-hybridized carbons (Fsp3) is 0.900. The number of hydrogen-bond donors (Lipinski definition) is 0. The molecular formula is C10H16Cl2O2. The lowest BCUT2D eigenvalue weighted by Gasteiger charge is -2.35. The number of alkyl halides is 2. The maximum atomic E-state index is 10.6. The molecule has 0 aromatic rings. The molecule has 4 heteroatoms. The summed E-state index contributed by atoms with van der Waals surface area (Å²) in [6, 6.07) is 0. The number of carbonyl (C=O) groups is 1. The number of ether oxygens (including phenoxy) is 1. The zero-order chi connectivity index (χ0) is 10.6. The number of cyclic esters (lactones) is 1. The molecule has 1 saturated heterocycles. The lowest BCUT2D eigenvalue weighted by Crippen LogP contribution is -2.45. The fourth-order valence-corrected chi connectivity index (χ4v) is 2.00. The Kier molecular flexibility index (Phi) is 4.52. The van der Waals surface area contributed by atoms with E-state index in [1.54, 1.807) is 0 Å². The quantitative estimate of drug-likeness (QED) is 0.403. The molecule has 0 radical (unpaired) electrons. The van der Waals surface area contributed by atoms with Crippen molar-refractivity contribution in [2.75, 3.05) is 0 Å². The Morgan fingerprint density at radius 1 is 1.43 bits per heavy atom. The van der Waals surface area contributed by atoms with Crippen LogP contribution >= 0.6 is 23.2 Å². The maximum absolute atomic E-state index is 10.6. The van der Waals surface area contributed by atoms with Crippen LogP contribution in [0.1, 0.15) is 45.4 Å². The van der Waals surface area contributed by atoms with E-state index in [1.807, 2.05) is 0 Å². The molecule has 1 fully saturated rings. The van der Waals surface area contributed by atoms with Gasteiger partial charge in [0.1, 0.15) is 6.10 Å². The van der Waals surface area contributed by atoms with Gasteiger partial charge in [0.25, 0.3) is 0 Å². The van der Waals surface area contributed by atoms with Crippen molar-refractivity contribution in [1.29, 1.82) is 0 Å². The number of halogens is 2.